The van der Waals surface area contributed by atoms with Gasteiger partial charge in [-0.3, -0.25) is 0 Å². The highest BCUT2D eigenvalue weighted by Crippen LogP contribution is 2.42. The Bertz CT molecular complexity index is 3890. The molecule has 0 spiro atoms. The molecular weight excluding hydrogens is 783 g/mol. The standard InChI is InChI=1S/C58H35N5O/c1-2-14-38(15-3-1)56-60-57(62-58(61-56)40-29-32-42(33-30-40)63-50-22-9-6-18-44(50)45-19-7-10-23-51(45)63)39-27-25-36(26-28-39)41-31-34-47-49(35-41)59-54(46-21-12-16-37-13-4-5-17-43(37)46)55-53(47)48-20-8-11-24-52(48)64-55/h1-35H. The van der Waals surface area contributed by atoms with E-state index in [-0.39, 0.29) is 0 Å². The van der Waals surface area contributed by atoms with Gasteiger partial charge >= 0.3 is 0 Å². The molecule has 0 saturated carbocycles. The van der Waals surface area contributed by atoms with Crippen molar-refractivity contribution in [2.24, 2.45) is 0 Å². The van der Waals surface area contributed by atoms with E-state index in [1.54, 1.807) is 0 Å². The molecule has 0 radical (unpaired) electrons. The van der Waals surface area contributed by atoms with E-state index in [0.29, 0.717) is 17.5 Å². The van der Waals surface area contributed by atoms with Crippen LogP contribution in [0.2, 0.25) is 0 Å². The summed E-state index contributed by atoms with van der Waals surface area (Å²) < 4.78 is 8.93. The molecular formula is C58H35N5O. The molecule has 0 atom stereocenters. The van der Waals surface area contributed by atoms with Crippen LogP contribution >= 0.6 is 0 Å². The fraction of sp³-hybridized carbons (Fsp3) is 0. The summed E-state index contributed by atoms with van der Waals surface area (Å²) in [6.45, 7) is 0. The summed E-state index contributed by atoms with van der Waals surface area (Å²) in [5.74, 6) is 1.84. The molecule has 6 heteroatoms. The number of furan rings is 1. The highest BCUT2D eigenvalue weighted by Gasteiger charge is 2.20. The maximum Gasteiger partial charge on any atom is 0.164 e. The molecule has 0 bridgehead atoms. The predicted octanol–water partition coefficient (Wildman–Crippen LogP) is 14.9. The van der Waals surface area contributed by atoms with E-state index < -0.39 is 0 Å². The summed E-state index contributed by atoms with van der Waals surface area (Å²) in [6, 6.07) is 73.9. The summed E-state index contributed by atoms with van der Waals surface area (Å²) in [4.78, 5) is 20.5. The van der Waals surface area contributed by atoms with Crippen LogP contribution in [0.1, 0.15) is 0 Å². The first-order valence-electron chi connectivity index (χ1n) is 21.5. The minimum atomic E-state index is 0.607. The summed E-state index contributed by atoms with van der Waals surface area (Å²) >= 11 is 0. The number of benzene rings is 9. The Labute approximate surface area is 367 Å². The van der Waals surface area contributed by atoms with Crippen LogP contribution in [0.5, 0.6) is 0 Å². The van der Waals surface area contributed by atoms with Crippen molar-refractivity contribution in [2.75, 3.05) is 0 Å². The van der Waals surface area contributed by atoms with Crippen molar-refractivity contribution in [1.82, 2.24) is 24.5 Å². The molecule has 0 aliphatic heterocycles. The Morgan fingerprint density at radius 3 is 1.59 bits per heavy atom. The summed E-state index contributed by atoms with van der Waals surface area (Å²) in [6.07, 6.45) is 0. The smallest absolute Gasteiger partial charge is 0.164 e. The molecule has 0 aliphatic rings. The molecule has 0 amide bonds. The Morgan fingerprint density at radius 1 is 0.359 bits per heavy atom. The van der Waals surface area contributed by atoms with Gasteiger partial charge in [0.05, 0.1) is 16.6 Å². The van der Waals surface area contributed by atoms with Gasteiger partial charge in [0.15, 0.2) is 23.1 Å². The largest absolute Gasteiger partial charge is 0.454 e. The van der Waals surface area contributed by atoms with Crippen molar-refractivity contribution in [3.63, 3.8) is 0 Å². The van der Waals surface area contributed by atoms with Crippen LogP contribution in [-0.2, 0) is 0 Å². The molecule has 0 unspecified atom stereocenters. The lowest BCUT2D eigenvalue weighted by molar-refractivity contribution is 0.669. The first kappa shape index (κ1) is 36.0. The molecule has 0 aliphatic carbocycles. The molecule has 64 heavy (non-hydrogen) atoms. The minimum absolute atomic E-state index is 0.607. The van der Waals surface area contributed by atoms with Crippen molar-refractivity contribution in [2.45, 2.75) is 0 Å². The quantitative estimate of drug-likeness (QED) is 0.167. The number of hydrogen-bond acceptors (Lipinski definition) is 5. The second kappa shape index (κ2) is 14.4. The summed E-state index contributed by atoms with van der Waals surface area (Å²) in [5, 5.41) is 7.97. The molecule has 298 valence electrons. The van der Waals surface area contributed by atoms with Crippen molar-refractivity contribution in [3.8, 4) is 62.2 Å². The van der Waals surface area contributed by atoms with Crippen LogP contribution in [0.3, 0.4) is 0 Å². The van der Waals surface area contributed by atoms with Gasteiger partial charge in [0, 0.05) is 54.9 Å². The van der Waals surface area contributed by atoms with E-state index in [1.807, 2.05) is 42.5 Å². The molecule has 13 aromatic rings. The van der Waals surface area contributed by atoms with E-state index >= 15 is 0 Å². The monoisotopic (exact) mass is 817 g/mol. The van der Waals surface area contributed by atoms with E-state index in [4.69, 9.17) is 24.4 Å². The predicted molar refractivity (Wildman–Crippen MR) is 261 cm³/mol. The average Bonchev–Trinajstić information content (AvgIpc) is 3.93. The Balaban J connectivity index is 0.897. The number of rotatable bonds is 6. The third-order valence-electron chi connectivity index (χ3n) is 12.5. The lowest BCUT2D eigenvalue weighted by atomic mass is 9.97. The number of fused-ring (bicyclic) bond motifs is 9. The number of hydrogen-bond donors (Lipinski definition) is 0. The van der Waals surface area contributed by atoms with Crippen LogP contribution in [-0.4, -0.2) is 24.5 Å². The summed E-state index contributed by atoms with van der Waals surface area (Å²) in [7, 11) is 0. The fourth-order valence-corrected chi connectivity index (χ4v) is 9.40. The first-order valence-corrected chi connectivity index (χ1v) is 21.5. The van der Waals surface area contributed by atoms with E-state index in [1.165, 1.54) is 21.8 Å². The van der Waals surface area contributed by atoms with Gasteiger partial charge in [-0.2, -0.15) is 0 Å². The fourth-order valence-electron chi connectivity index (χ4n) is 9.40. The van der Waals surface area contributed by atoms with E-state index in [2.05, 4.69) is 174 Å². The average molecular weight is 818 g/mol. The molecule has 4 heterocycles. The van der Waals surface area contributed by atoms with Gasteiger partial charge in [0.1, 0.15) is 11.3 Å². The van der Waals surface area contributed by atoms with Gasteiger partial charge in [-0.05, 0) is 70.4 Å². The third kappa shape index (κ3) is 5.81. The van der Waals surface area contributed by atoms with Crippen molar-refractivity contribution in [3.05, 3.63) is 212 Å². The number of nitrogens with zero attached hydrogens (tertiary/aromatic N) is 5. The number of para-hydroxylation sites is 3. The molecule has 0 fully saturated rings. The van der Waals surface area contributed by atoms with Crippen molar-refractivity contribution in [1.29, 1.82) is 0 Å². The van der Waals surface area contributed by atoms with Gasteiger partial charge in [0.25, 0.3) is 0 Å². The van der Waals surface area contributed by atoms with Gasteiger partial charge < -0.3 is 8.98 Å². The summed E-state index contributed by atoms with van der Waals surface area (Å²) in [5.41, 5.74) is 12.7. The Morgan fingerprint density at radius 2 is 0.891 bits per heavy atom. The number of aromatic nitrogens is 5. The third-order valence-corrected chi connectivity index (χ3v) is 12.5. The van der Waals surface area contributed by atoms with Gasteiger partial charge in [-0.1, -0.05) is 164 Å². The second-order valence-corrected chi connectivity index (χ2v) is 16.2. The first-order chi connectivity index (χ1) is 31.7. The van der Waals surface area contributed by atoms with Crippen molar-refractivity contribution < 1.29 is 4.42 Å². The normalized spacial score (nSPS) is 11.8. The maximum atomic E-state index is 6.61. The lowest BCUT2D eigenvalue weighted by Gasteiger charge is -2.11. The van der Waals surface area contributed by atoms with Crippen LogP contribution in [0.25, 0.3) is 128 Å². The van der Waals surface area contributed by atoms with Crippen LogP contribution in [0.4, 0.5) is 0 Å². The maximum absolute atomic E-state index is 6.61. The SMILES string of the molecule is c1ccc(-c2nc(-c3ccc(-c4ccc5c(c4)nc(-c4cccc6ccccc46)c4oc6ccccc6c45)cc3)nc(-c3ccc(-n4c5ccccc5c5ccccc54)cc3)n2)cc1. The highest BCUT2D eigenvalue weighted by atomic mass is 16.3. The van der Waals surface area contributed by atoms with Gasteiger partial charge in [-0.15, -0.1) is 0 Å². The molecule has 6 nitrogen and oxygen atoms in total. The molecule has 0 saturated heterocycles. The van der Waals surface area contributed by atoms with Crippen LogP contribution in [0, 0.1) is 0 Å². The van der Waals surface area contributed by atoms with Gasteiger partial charge in [0.2, 0.25) is 0 Å². The lowest BCUT2D eigenvalue weighted by Crippen LogP contribution is -2.00. The zero-order valence-corrected chi connectivity index (χ0v) is 34.4. The molecule has 0 N–H and O–H groups in total. The highest BCUT2D eigenvalue weighted by molar-refractivity contribution is 6.22. The topological polar surface area (TPSA) is 69.6 Å². The zero-order valence-electron chi connectivity index (χ0n) is 34.4. The van der Waals surface area contributed by atoms with Crippen LogP contribution in [0.15, 0.2) is 217 Å². The Kier molecular flexibility index (Phi) is 8.11. The second-order valence-electron chi connectivity index (χ2n) is 16.2. The molecule has 4 aromatic heterocycles. The van der Waals surface area contributed by atoms with E-state index in [0.717, 1.165) is 88.4 Å². The molecule has 13 rings (SSSR count). The van der Waals surface area contributed by atoms with E-state index in [9.17, 15) is 0 Å². The van der Waals surface area contributed by atoms with Gasteiger partial charge in [-0.25, -0.2) is 19.9 Å². The van der Waals surface area contributed by atoms with Crippen molar-refractivity contribution >= 4 is 65.4 Å². The Hall–Kier alpha value is -8.74. The van der Waals surface area contributed by atoms with Crippen LogP contribution < -0.4 is 0 Å². The molecule has 9 aromatic carbocycles. The number of pyridine rings is 1. The minimum Gasteiger partial charge on any atom is -0.454 e. The zero-order chi connectivity index (χ0) is 42.1.